The van der Waals surface area contributed by atoms with Crippen molar-refractivity contribution in [3.8, 4) is 0 Å². The Hall–Kier alpha value is -3.23. The fraction of sp³-hybridized carbons (Fsp3) is 0.694. The predicted molar refractivity (Wildman–Crippen MR) is 238 cm³/mol. The van der Waals surface area contributed by atoms with Crippen molar-refractivity contribution < 1.29 is 38.2 Å². The zero-order valence-corrected chi connectivity index (χ0v) is 37.0. The zero-order chi connectivity index (χ0) is 42.1. The van der Waals surface area contributed by atoms with Crippen molar-refractivity contribution in [2.45, 2.75) is 180 Å². The van der Waals surface area contributed by atoms with Crippen LogP contribution >= 0.6 is 0 Å². The third-order valence-electron chi connectivity index (χ3n) is 9.63. The summed E-state index contributed by atoms with van der Waals surface area (Å²) in [4.78, 5) is 37.0. The van der Waals surface area contributed by atoms with Crippen LogP contribution in [0.25, 0.3) is 0 Å². The lowest BCUT2D eigenvalue weighted by atomic mass is 10.0. The first kappa shape index (κ1) is 53.8. The van der Waals surface area contributed by atoms with Crippen LogP contribution in [0.15, 0.2) is 72.9 Å². The molecule has 8 heteroatoms. The maximum absolute atomic E-state index is 12.7. The molecule has 0 bridgehead atoms. The van der Waals surface area contributed by atoms with Gasteiger partial charge in [-0.3, -0.25) is 9.59 Å². The van der Waals surface area contributed by atoms with Crippen LogP contribution in [-0.4, -0.2) is 80.6 Å². The van der Waals surface area contributed by atoms with Crippen LogP contribution < -0.4 is 0 Å². The SMILES string of the molecule is CC/C=C\C/C=C\C/C=C\C/C=C\C/C=C\C/C=C\CCC(=O)OC(COCCC(C(=O)O)[N+](C)(C)C)COC(=O)CCCCCCCCCCCCCCCC. The number of hydrogen-bond donors (Lipinski definition) is 1. The molecule has 326 valence electrons. The highest BCUT2D eigenvalue weighted by Gasteiger charge is 2.31. The van der Waals surface area contributed by atoms with Crippen molar-refractivity contribution >= 4 is 17.9 Å². The molecule has 1 N–H and O–H groups in total. The molecule has 0 saturated heterocycles. The predicted octanol–water partition coefficient (Wildman–Crippen LogP) is 12.4. The van der Waals surface area contributed by atoms with Crippen molar-refractivity contribution in [3.05, 3.63) is 72.9 Å². The molecule has 2 atom stereocenters. The van der Waals surface area contributed by atoms with Gasteiger partial charge in [-0.05, 0) is 51.4 Å². The lowest BCUT2D eigenvalue weighted by Crippen LogP contribution is -2.50. The molecule has 0 heterocycles. The Kier molecular flexibility index (Phi) is 37.3. The molecule has 0 radical (unpaired) electrons. The molecule has 57 heavy (non-hydrogen) atoms. The number of carbonyl (C=O) groups excluding carboxylic acids is 2. The van der Waals surface area contributed by atoms with E-state index >= 15 is 0 Å². The van der Waals surface area contributed by atoms with Gasteiger partial charge >= 0.3 is 17.9 Å². The van der Waals surface area contributed by atoms with E-state index in [0.717, 1.165) is 57.8 Å². The van der Waals surface area contributed by atoms with E-state index in [1.54, 1.807) is 0 Å². The number of carboxylic acids is 1. The molecule has 0 amide bonds. The third kappa shape index (κ3) is 38.1. The molecule has 2 unspecified atom stereocenters. The van der Waals surface area contributed by atoms with E-state index in [0.29, 0.717) is 19.3 Å². The second kappa shape index (κ2) is 39.6. The molecular weight excluding hydrogens is 715 g/mol. The van der Waals surface area contributed by atoms with Crippen LogP contribution in [0.5, 0.6) is 0 Å². The first-order valence-corrected chi connectivity index (χ1v) is 22.5. The number of likely N-dealkylation sites (N-methyl/N-ethyl adjacent to an activating group) is 1. The molecule has 0 aliphatic carbocycles. The average Bonchev–Trinajstić information content (AvgIpc) is 3.17. The lowest BCUT2D eigenvalue weighted by Gasteiger charge is -2.31. The summed E-state index contributed by atoms with van der Waals surface area (Å²) in [5, 5.41) is 9.62. The van der Waals surface area contributed by atoms with E-state index in [1.165, 1.54) is 70.6 Å². The lowest BCUT2D eigenvalue weighted by molar-refractivity contribution is -0.887. The summed E-state index contributed by atoms with van der Waals surface area (Å²) in [5.74, 6) is -1.58. The van der Waals surface area contributed by atoms with E-state index in [-0.39, 0.29) is 42.7 Å². The van der Waals surface area contributed by atoms with Crippen LogP contribution in [0.3, 0.4) is 0 Å². The molecule has 0 rings (SSSR count). The summed E-state index contributed by atoms with van der Waals surface area (Å²) in [7, 11) is 5.50. The maximum Gasteiger partial charge on any atom is 0.362 e. The van der Waals surface area contributed by atoms with Gasteiger partial charge in [0.05, 0.1) is 34.4 Å². The van der Waals surface area contributed by atoms with Gasteiger partial charge in [-0.25, -0.2) is 4.79 Å². The van der Waals surface area contributed by atoms with E-state index in [4.69, 9.17) is 14.2 Å². The third-order valence-corrected chi connectivity index (χ3v) is 9.63. The van der Waals surface area contributed by atoms with Crippen LogP contribution in [0, 0.1) is 0 Å². The normalized spacial score (nSPS) is 13.6. The summed E-state index contributed by atoms with van der Waals surface area (Å²) < 4.78 is 17.2. The summed E-state index contributed by atoms with van der Waals surface area (Å²) in [5.41, 5.74) is 0. The van der Waals surface area contributed by atoms with E-state index in [1.807, 2.05) is 33.3 Å². The van der Waals surface area contributed by atoms with Gasteiger partial charge in [-0.1, -0.05) is 170 Å². The molecule has 0 spiro atoms. The Balaban J connectivity index is 4.47. The fourth-order valence-corrected chi connectivity index (χ4v) is 6.18. The largest absolute Gasteiger partial charge is 0.477 e. The topological polar surface area (TPSA) is 99.1 Å². The van der Waals surface area contributed by atoms with Gasteiger partial charge in [0.1, 0.15) is 6.61 Å². The minimum Gasteiger partial charge on any atom is -0.477 e. The van der Waals surface area contributed by atoms with Gasteiger partial charge in [0.25, 0.3) is 0 Å². The van der Waals surface area contributed by atoms with Gasteiger partial charge in [-0.2, -0.15) is 0 Å². The Morgan fingerprint density at radius 1 is 0.544 bits per heavy atom. The highest BCUT2D eigenvalue weighted by atomic mass is 16.6. The average molecular weight is 799 g/mol. The molecular formula is C49H84NO7+. The summed E-state index contributed by atoms with van der Waals surface area (Å²) in [6.07, 6.45) is 49.6. The van der Waals surface area contributed by atoms with Crippen LogP contribution in [0.1, 0.15) is 168 Å². The van der Waals surface area contributed by atoms with E-state index in [9.17, 15) is 19.5 Å². The quantitative estimate of drug-likeness (QED) is 0.0286. The van der Waals surface area contributed by atoms with Crippen LogP contribution in [-0.2, 0) is 28.6 Å². The highest BCUT2D eigenvalue weighted by Crippen LogP contribution is 2.14. The molecule has 8 nitrogen and oxygen atoms in total. The fourth-order valence-electron chi connectivity index (χ4n) is 6.18. The smallest absolute Gasteiger partial charge is 0.362 e. The van der Waals surface area contributed by atoms with Gasteiger partial charge in [0.2, 0.25) is 0 Å². The van der Waals surface area contributed by atoms with Crippen LogP contribution in [0.4, 0.5) is 0 Å². The molecule has 0 aromatic rings. The first-order chi connectivity index (χ1) is 27.6. The highest BCUT2D eigenvalue weighted by molar-refractivity contribution is 5.72. The van der Waals surface area contributed by atoms with Crippen molar-refractivity contribution in [1.82, 2.24) is 0 Å². The number of allylic oxidation sites excluding steroid dienone is 12. The van der Waals surface area contributed by atoms with Gasteiger partial charge in [0.15, 0.2) is 12.1 Å². The van der Waals surface area contributed by atoms with Gasteiger partial charge in [-0.15, -0.1) is 0 Å². The zero-order valence-electron chi connectivity index (χ0n) is 37.0. The number of esters is 2. The number of hydrogen-bond acceptors (Lipinski definition) is 6. The summed E-state index contributed by atoms with van der Waals surface area (Å²) in [6, 6.07) is -0.629. The summed E-state index contributed by atoms with van der Waals surface area (Å²) in [6.45, 7) is 4.54. The Bertz CT molecular complexity index is 1160. The number of carbonyl (C=O) groups is 3. The van der Waals surface area contributed by atoms with Gasteiger partial charge < -0.3 is 23.8 Å². The minimum atomic E-state index is -0.888. The van der Waals surface area contributed by atoms with Gasteiger partial charge in [0, 0.05) is 19.3 Å². The standard InChI is InChI=1S/C49H83NO7/c1-6-8-10-12-14-16-18-20-22-23-24-25-26-28-30-32-34-36-38-40-48(52)57-45(43-55-42-41-46(49(53)54)50(3,4)5)44-56-47(51)39-37-35-33-31-29-27-21-19-17-15-13-11-9-7-2/h8,10,14,16,20,22,24-25,28,30,34,36,45-46H,6-7,9,11-13,15,17-19,21,23,26-27,29,31-33,35,37-44H2,1-5H3/p+1/b10-8-,16-14-,22-20-,25-24-,30-28-,36-34-. The number of carboxylic acid groups (broad SMARTS) is 1. The minimum absolute atomic E-state index is 0.0290. The van der Waals surface area contributed by atoms with E-state index < -0.39 is 18.1 Å². The molecule has 0 fully saturated rings. The molecule has 0 aliphatic heterocycles. The maximum atomic E-state index is 12.7. The van der Waals surface area contributed by atoms with E-state index in [2.05, 4.69) is 74.6 Å². The Morgan fingerprint density at radius 3 is 1.42 bits per heavy atom. The second-order valence-corrected chi connectivity index (χ2v) is 15.9. The Labute approximate surface area is 349 Å². The van der Waals surface area contributed by atoms with Crippen molar-refractivity contribution in [3.63, 3.8) is 0 Å². The monoisotopic (exact) mass is 799 g/mol. The Morgan fingerprint density at radius 2 is 0.982 bits per heavy atom. The number of unbranched alkanes of at least 4 members (excludes halogenated alkanes) is 13. The molecule has 0 aromatic carbocycles. The van der Waals surface area contributed by atoms with Crippen molar-refractivity contribution in [1.29, 1.82) is 0 Å². The second-order valence-electron chi connectivity index (χ2n) is 15.9. The van der Waals surface area contributed by atoms with Crippen molar-refractivity contribution in [2.24, 2.45) is 0 Å². The number of quaternary nitrogens is 1. The molecule has 0 saturated carbocycles. The van der Waals surface area contributed by atoms with Crippen molar-refractivity contribution in [2.75, 3.05) is 41.0 Å². The number of ether oxygens (including phenoxy) is 3. The molecule has 0 aliphatic rings. The number of nitrogens with zero attached hydrogens (tertiary/aromatic N) is 1. The summed E-state index contributed by atoms with van der Waals surface area (Å²) >= 11 is 0. The number of aliphatic carboxylic acids is 1. The van der Waals surface area contributed by atoms with Crippen LogP contribution in [0.2, 0.25) is 0 Å². The number of rotatable bonds is 39. The molecule has 0 aromatic heterocycles. The first-order valence-electron chi connectivity index (χ1n) is 22.5.